The smallest absolute Gasteiger partial charge is 0.351 e. The van der Waals surface area contributed by atoms with E-state index in [9.17, 15) is 18.0 Å². The van der Waals surface area contributed by atoms with Crippen LogP contribution in [0.2, 0.25) is 0 Å². The molecule has 5 nitrogen and oxygen atoms in total. The molecule has 0 aliphatic heterocycles. The lowest BCUT2D eigenvalue weighted by molar-refractivity contribution is -0.175. The highest BCUT2D eigenvalue weighted by atomic mass is 19.4. The van der Waals surface area contributed by atoms with Crippen LogP contribution in [0.15, 0.2) is 36.5 Å². The highest BCUT2D eigenvalue weighted by Crippen LogP contribution is 2.40. The van der Waals surface area contributed by atoms with Crippen molar-refractivity contribution in [1.29, 1.82) is 0 Å². The Morgan fingerprint density at radius 2 is 2.03 bits per heavy atom. The Balaban J connectivity index is 0.00000101. The summed E-state index contributed by atoms with van der Waals surface area (Å²) in [6.45, 7) is 2.63. The van der Waals surface area contributed by atoms with Gasteiger partial charge in [0.1, 0.15) is 6.29 Å². The number of likely N-dealkylation sites (N-methyl/N-ethyl adjacent to an activating group) is 1. The van der Waals surface area contributed by atoms with Gasteiger partial charge in [-0.2, -0.15) is 13.2 Å². The lowest BCUT2D eigenvalue weighted by Crippen LogP contribution is -2.30. The third-order valence-corrected chi connectivity index (χ3v) is 4.85. The third-order valence-electron chi connectivity index (χ3n) is 4.85. The van der Waals surface area contributed by atoms with Gasteiger partial charge in [0.2, 0.25) is 0 Å². The molecule has 1 unspecified atom stereocenters. The molecule has 1 heterocycles. The maximum absolute atomic E-state index is 12.9. The zero-order valence-corrected chi connectivity index (χ0v) is 17.1. The van der Waals surface area contributed by atoms with Crippen LogP contribution in [0.5, 0.6) is 0 Å². The molecule has 1 atom stereocenters. The highest BCUT2D eigenvalue weighted by molar-refractivity contribution is 5.99. The monoisotopic (exact) mass is 421 g/mol. The molecule has 0 saturated carbocycles. The second-order valence-electron chi connectivity index (χ2n) is 6.94. The molecule has 0 saturated heterocycles. The van der Waals surface area contributed by atoms with Gasteiger partial charge in [-0.3, -0.25) is 9.78 Å². The first-order chi connectivity index (χ1) is 14.3. The number of aldehydes is 1. The number of allylic oxidation sites excluding steroid dienone is 2. The Hall–Kier alpha value is -2.74. The van der Waals surface area contributed by atoms with Gasteiger partial charge in [0.05, 0.1) is 17.0 Å². The summed E-state index contributed by atoms with van der Waals surface area (Å²) in [6.07, 6.45) is 0.267. The minimum absolute atomic E-state index is 0.00117. The number of hydrogen-bond acceptors (Lipinski definition) is 4. The number of pyridine rings is 1. The predicted octanol–water partition coefficient (Wildman–Crippen LogP) is 4.14. The number of nitrogens with zero attached hydrogens (tertiary/aromatic N) is 1. The minimum Gasteiger partial charge on any atom is -0.351 e. The van der Waals surface area contributed by atoms with Crippen LogP contribution in [0.1, 0.15) is 42.1 Å². The number of nitrogens with one attached hydrogen (secondary N) is 2. The van der Waals surface area contributed by atoms with Gasteiger partial charge in [-0.15, -0.1) is 0 Å². The van der Waals surface area contributed by atoms with E-state index in [-0.39, 0.29) is 18.7 Å². The number of fused-ring (bicyclic) bond motifs is 1. The van der Waals surface area contributed by atoms with Gasteiger partial charge in [0, 0.05) is 30.2 Å². The second kappa shape index (κ2) is 10.9. The number of aromatic nitrogens is 1. The van der Waals surface area contributed by atoms with Gasteiger partial charge in [0.15, 0.2) is 0 Å². The Labute approximate surface area is 173 Å². The van der Waals surface area contributed by atoms with Crippen LogP contribution >= 0.6 is 0 Å². The standard InChI is InChI=1S/C20H22F3N3O.C2H4O/c1-24-9-10-25-19(27)15-11-14-3-2-4-17(18(14)26-12-15)13-5-7-16(8-6-13)20(21,22)23;1-2-3/h2-5,11-12,16,24H,6-10H2,1H3,(H,25,27);2H,1H3. The summed E-state index contributed by atoms with van der Waals surface area (Å²) in [5.41, 5.74) is 2.90. The zero-order valence-electron chi connectivity index (χ0n) is 17.1. The van der Waals surface area contributed by atoms with Crippen molar-refractivity contribution in [3.8, 4) is 0 Å². The first-order valence-corrected chi connectivity index (χ1v) is 9.79. The number of carbonyl (C=O) groups excluding carboxylic acids is 2. The van der Waals surface area contributed by atoms with Gasteiger partial charge in [-0.05, 0) is 44.9 Å². The van der Waals surface area contributed by atoms with E-state index < -0.39 is 12.1 Å². The van der Waals surface area contributed by atoms with Gasteiger partial charge in [0.25, 0.3) is 5.91 Å². The largest absolute Gasteiger partial charge is 0.392 e. The molecule has 8 heteroatoms. The van der Waals surface area contributed by atoms with Crippen molar-refractivity contribution < 1.29 is 22.8 Å². The number of benzene rings is 1. The Bertz CT molecular complexity index is 910. The van der Waals surface area contributed by atoms with Crippen LogP contribution in [0, 0.1) is 5.92 Å². The van der Waals surface area contributed by atoms with E-state index in [1.807, 2.05) is 25.2 Å². The molecule has 30 heavy (non-hydrogen) atoms. The molecule has 1 aromatic heterocycles. The average molecular weight is 421 g/mol. The number of rotatable bonds is 5. The zero-order chi connectivity index (χ0) is 22.1. The second-order valence-corrected chi connectivity index (χ2v) is 6.94. The van der Waals surface area contributed by atoms with Gasteiger partial charge in [-0.25, -0.2) is 0 Å². The Morgan fingerprint density at radius 3 is 2.63 bits per heavy atom. The van der Waals surface area contributed by atoms with Crippen molar-refractivity contribution in [1.82, 2.24) is 15.6 Å². The summed E-state index contributed by atoms with van der Waals surface area (Å²) in [6, 6.07) is 7.35. The fourth-order valence-corrected chi connectivity index (χ4v) is 3.32. The topological polar surface area (TPSA) is 71.1 Å². The third kappa shape index (κ3) is 6.13. The number of hydrogen-bond donors (Lipinski definition) is 2. The van der Waals surface area contributed by atoms with E-state index in [1.54, 1.807) is 12.1 Å². The summed E-state index contributed by atoms with van der Waals surface area (Å²) < 4.78 is 38.6. The van der Waals surface area contributed by atoms with Crippen molar-refractivity contribution in [2.75, 3.05) is 20.1 Å². The first kappa shape index (κ1) is 23.5. The van der Waals surface area contributed by atoms with Gasteiger partial charge >= 0.3 is 6.18 Å². The summed E-state index contributed by atoms with van der Waals surface area (Å²) in [7, 11) is 1.81. The molecule has 0 spiro atoms. The molecular weight excluding hydrogens is 395 g/mol. The van der Waals surface area contributed by atoms with E-state index in [4.69, 9.17) is 4.79 Å². The van der Waals surface area contributed by atoms with E-state index in [2.05, 4.69) is 15.6 Å². The average Bonchev–Trinajstić information content (AvgIpc) is 2.73. The first-order valence-electron chi connectivity index (χ1n) is 9.79. The lowest BCUT2D eigenvalue weighted by Gasteiger charge is -2.24. The van der Waals surface area contributed by atoms with Crippen molar-refractivity contribution >= 4 is 28.7 Å². The molecule has 1 aromatic carbocycles. The number of carbonyl (C=O) groups is 2. The maximum Gasteiger partial charge on any atom is 0.392 e. The highest BCUT2D eigenvalue weighted by Gasteiger charge is 2.39. The summed E-state index contributed by atoms with van der Waals surface area (Å²) in [5, 5.41) is 6.55. The van der Waals surface area contributed by atoms with Crippen LogP contribution in [-0.2, 0) is 4.79 Å². The molecule has 162 valence electrons. The van der Waals surface area contributed by atoms with Crippen molar-refractivity contribution in [3.05, 3.63) is 47.7 Å². The van der Waals surface area contributed by atoms with Crippen molar-refractivity contribution in [3.63, 3.8) is 0 Å². The molecule has 1 amide bonds. The van der Waals surface area contributed by atoms with Crippen LogP contribution in [0.25, 0.3) is 16.5 Å². The van der Waals surface area contributed by atoms with Crippen LogP contribution in [0.3, 0.4) is 0 Å². The van der Waals surface area contributed by atoms with Crippen LogP contribution in [-0.4, -0.2) is 43.5 Å². The van der Waals surface area contributed by atoms with E-state index in [1.165, 1.54) is 13.1 Å². The molecule has 0 radical (unpaired) electrons. The maximum atomic E-state index is 12.9. The van der Waals surface area contributed by atoms with Gasteiger partial charge in [-0.1, -0.05) is 24.3 Å². The number of halogens is 3. The number of amides is 1. The molecule has 1 aliphatic carbocycles. The van der Waals surface area contributed by atoms with Crippen LogP contribution in [0.4, 0.5) is 13.2 Å². The summed E-state index contributed by atoms with van der Waals surface area (Å²) in [4.78, 5) is 25.4. The fraction of sp³-hybridized carbons (Fsp3) is 0.409. The number of alkyl halides is 3. The molecule has 2 aromatic rings. The SMILES string of the molecule is CC=O.CNCCNC(=O)c1cnc2c(C3=CCC(C(F)(F)F)CC3)cccc2c1. The Kier molecular flexibility index (Phi) is 8.53. The quantitative estimate of drug-likeness (QED) is 0.563. The lowest BCUT2D eigenvalue weighted by atomic mass is 9.85. The predicted molar refractivity (Wildman–Crippen MR) is 111 cm³/mol. The van der Waals surface area contributed by atoms with Crippen molar-refractivity contribution in [2.24, 2.45) is 5.92 Å². The van der Waals surface area contributed by atoms with E-state index in [0.29, 0.717) is 30.6 Å². The van der Waals surface area contributed by atoms with E-state index >= 15 is 0 Å². The molecule has 1 aliphatic rings. The molecule has 0 fully saturated rings. The van der Waals surface area contributed by atoms with E-state index in [0.717, 1.165) is 22.8 Å². The number of para-hydroxylation sites is 1. The molecular formula is C22H26F3N3O2. The Morgan fingerprint density at radius 1 is 1.30 bits per heavy atom. The summed E-state index contributed by atoms with van der Waals surface area (Å²) >= 11 is 0. The fourth-order valence-electron chi connectivity index (χ4n) is 3.32. The van der Waals surface area contributed by atoms with Gasteiger partial charge < -0.3 is 15.4 Å². The van der Waals surface area contributed by atoms with Crippen LogP contribution < -0.4 is 10.6 Å². The summed E-state index contributed by atoms with van der Waals surface area (Å²) in [5.74, 6) is -1.47. The molecule has 3 rings (SSSR count). The normalized spacial score (nSPS) is 16.3. The van der Waals surface area contributed by atoms with Crippen molar-refractivity contribution in [2.45, 2.75) is 32.4 Å². The molecule has 0 bridgehead atoms. The molecule has 2 N–H and O–H groups in total. The minimum atomic E-state index is -4.14.